The molecule has 0 bridgehead atoms. The van der Waals surface area contributed by atoms with Gasteiger partial charge in [0.1, 0.15) is 11.4 Å². The van der Waals surface area contributed by atoms with Crippen molar-refractivity contribution in [1.29, 1.82) is 0 Å². The molecule has 6 heteroatoms. The number of nitrogens with zero attached hydrogens (tertiary/aromatic N) is 4. The molecule has 1 saturated heterocycles. The number of amides is 1. The third-order valence-corrected chi connectivity index (χ3v) is 3.93. The normalized spacial score (nSPS) is 18.8. The van der Waals surface area contributed by atoms with Crippen molar-refractivity contribution in [3.05, 3.63) is 29.8 Å². The number of likely N-dealkylation sites (tertiary alicyclic amines) is 1. The van der Waals surface area contributed by atoms with Gasteiger partial charge in [0.2, 0.25) is 5.91 Å². The van der Waals surface area contributed by atoms with Crippen molar-refractivity contribution in [3.8, 4) is 11.4 Å². The van der Waals surface area contributed by atoms with E-state index in [1.807, 2.05) is 17.9 Å². The Balaban J connectivity index is 1.93. The molecule has 0 aromatic carbocycles. The first-order valence-electron chi connectivity index (χ1n) is 7.24. The van der Waals surface area contributed by atoms with Crippen LogP contribution in [0.25, 0.3) is 11.4 Å². The summed E-state index contributed by atoms with van der Waals surface area (Å²) in [6, 6.07) is 1.97. The zero-order valence-corrected chi connectivity index (χ0v) is 12.3. The predicted octanol–water partition coefficient (Wildman–Crippen LogP) is 1.90. The number of nitrogens with one attached hydrogen (secondary N) is 1. The fourth-order valence-electron chi connectivity index (χ4n) is 2.87. The molecule has 1 aliphatic heterocycles. The molecule has 6 nitrogen and oxygen atoms in total. The molecule has 1 fully saturated rings. The zero-order chi connectivity index (χ0) is 14.8. The fourth-order valence-corrected chi connectivity index (χ4v) is 2.87. The summed E-state index contributed by atoms with van der Waals surface area (Å²) in [6.45, 7) is 5.13. The highest BCUT2D eigenvalue weighted by Crippen LogP contribution is 2.31. The van der Waals surface area contributed by atoms with Gasteiger partial charge in [-0.25, -0.2) is 0 Å². The lowest BCUT2D eigenvalue weighted by molar-refractivity contribution is -0.130. The Morgan fingerprint density at radius 2 is 2.19 bits per heavy atom. The van der Waals surface area contributed by atoms with Crippen LogP contribution in [0.2, 0.25) is 0 Å². The molecule has 0 radical (unpaired) electrons. The Morgan fingerprint density at radius 1 is 1.38 bits per heavy atom. The minimum Gasteiger partial charge on any atom is -0.342 e. The average molecular weight is 285 g/mol. The van der Waals surface area contributed by atoms with E-state index in [-0.39, 0.29) is 11.8 Å². The second kappa shape index (κ2) is 5.63. The number of aryl methyl sites for hydroxylation is 1. The van der Waals surface area contributed by atoms with Crippen molar-refractivity contribution in [2.24, 2.45) is 0 Å². The fraction of sp³-hybridized carbons (Fsp3) is 0.467. The topological polar surface area (TPSA) is 74.8 Å². The lowest BCUT2D eigenvalue weighted by Crippen LogP contribution is -2.38. The van der Waals surface area contributed by atoms with E-state index in [1.165, 1.54) is 0 Å². The van der Waals surface area contributed by atoms with Gasteiger partial charge < -0.3 is 4.90 Å². The third-order valence-electron chi connectivity index (χ3n) is 3.93. The molecular weight excluding hydrogens is 266 g/mol. The summed E-state index contributed by atoms with van der Waals surface area (Å²) in [5, 5.41) is 7.23. The molecule has 3 rings (SSSR count). The molecule has 0 aliphatic carbocycles. The van der Waals surface area contributed by atoms with Crippen LogP contribution in [0.3, 0.4) is 0 Å². The van der Waals surface area contributed by atoms with Crippen LogP contribution in [0.4, 0.5) is 0 Å². The number of hydrogen-bond acceptors (Lipinski definition) is 4. The van der Waals surface area contributed by atoms with E-state index >= 15 is 0 Å². The molecule has 2 aromatic heterocycles. The van der Waals surface area contributed by atoms with Gasteiger partial charge in [-0.1, -0.05) is 0 Å². The number of aromatic nitrogens is 4. The summed E-state index contributed by atoms with van der Waals surface area (Å²) in [5.41, 5.74) is 3.57. The number of carbonyl (C=O) groups excluding carboxylic acids is 1. The van der Waals surface area contributed by atoms with Crippen molar-refractivity contribution in [2.75, 3.05) is 13.1 Å². The van der Waals surface area contributed by atoms with Crippen molar-refractivity contribution >= 4 is 5.91 Å². The van der Waals surface area contributed by atoms with Crippen molar-refractivity contribution < 1.29 is 4.79 Å². The molecule has 21 heavy (non-hydrogen) atoms. The van der Waals surface area contributed by atoms with E-state index in [2.05, 4.69) is 20.2 Å². The van der Waals surface area contributed by atoms with Crippen LogP contribution in [-0.2, 0) is 4.79 Å². The molecule has 0 saturated carbocycles. The minimum absolute atomic E-state index is 0.126. The van der Waals surface area contributed by atoms with Crippen LogP contribution in [0.1, 0.15) is 37.1 Å². The Labute approximate surface area is 123 Å². The van der Waals surface area contributed by atoms with Crippen molar-refractivity contribution in [1.82, 2.24) is 25.1 Å². The highest BCUT2D eigenvalue weighted by atomic mass is 16.2. The molecule has 0 spiro atoms. The van der Waals surface area contributed by atoms with Gasteiger partial charge >= 0.3 is 0 Å². The second-order valence-corrected chi connectivity index (χ2v) is 5.53. The van der Waals surface area contributed by atoms with E-state index < -0.39 is 0 Å². The van der Waals surface area contributed by atoms with Crippen LogP contribution in [0, 0.1) is 6.92 Å². The Hall–Kier alpha value is -2.24. The number of carbonyl (C=O) groups is 1. The second-order valence-electron chi connectivity index (χ2n) is 5.53. The lowest BCUT2D eigenvalue weighted by Gasteiger charge is -2.32. The maximum absolute atomic E-state index is 11.6. The molecule has 2 aromatic rings. The van der Waals surface area contributed by atoms with Gasteiger partial charge in [0.25, 0.3) is 0 Å². The smallest absolute Gasteiger partial charge is 0.219 e. The van der Waals surface area contributed by atoms with Crippen LogP contribution < -0.4 is 0 Å². The van der Waals surface area contributed by atoms with Crippen LogP contribution in [0.15, 0.2) is 18.5 Å². The maximum atomic E-state index is 11.6. The van der Waals surface area contributed by atoms with Crippen LogP contribution in [0.5, 0.6) is 0 Å². The monoisotopic (exact) mass is 285 g/mol. The highest BCUT2D eigenvalue weighted by molar-refractivity contribution is 5.73. The summed E-state index contributed by atoms with van der Waals surface area (Å²) >= 11 is 0. The summed E-state index contributed by atoms with van der Waals surface area (Å²) in [6.07, 6.45) is 5.43. The van der Waals surface area contributed by atoms with E-state index in [9.17, 15) is 4.79 Å². The number of piperidine rings is 1. The summed E-state index contributed by atoms with van der Waals surface area (Å²) in [7, 11) is 0. The number of aromatic amines is 1. The van der Waals surface area contributed by atoms with Crippen LogP contribution >= 0.6 is 0 Å². The predicted molar refractivity (Wildman–Crippen MR) is 78.6 cm³/mol. The lowest BCUT2D eigenvalue weighted by atomic mass is 9.92. The highest BCUT2D eigenvalue weighted by Gasteiger charge is 2.27. The van der Waals surface area contributed by atoms with Gasteiger partial charge in [-0.15, -0.1) is 0 Å². The number of rotatable bonds is 2. The third kappa shape index (κ3) is 2.79. The van der Waals surface area contributed by atoms with Crippen molar-refractivity contribution in [2.45, 2.75) is 32.6 Å². The number of H-pyrrole nitrogens is 1. The molecule has 110 valence electrons. The molecule has 1 amide bonds. The molecular formula is C15H19N5O. The maximum Gasteiger partial charge on any atom is 0.219 e. The van der Waals surface area contributed by atoms with E-state index in [4.69, 9.17) is 0 Å². The van der Waals surface area contributed by atoms with Gasteiger partial charge in [0.15, 0.2) is 0 Å². The minimum atomic E-state index is 0.126. The number of hydrogen-bond donors (Lipinski definition) is 1. The Kier molecular flexibility index (Phi) is 3.68. The van der Waals surface area contributed by atoms with Gasteiger partial charge in [-0.05, 0) is 25.8 Å². The van der Waals surface area contributed by atoms with Gasteiger partial charge in [-0.2, -0.15) is 5.10 Å². The molecule has 0 unspecified atom stereocenters. The zero-order valence-electron chi connectivity index (χ0n) is 12.3. The van der Waals surface area contributed by atoms with Gasteiger partial charge in [0.05, 0.1) is 5.69 Å². The van der Waals surface area contributed by atoms with Gasteiger partial charge in [0, 0.05) is 44.0 Å². The first-order valence-corrected chi connectivity index (χ1v) is 7.24. The largest absolute Gasteiger partial charge is 0.342 e. The SMILES string of the molecule is CC(=O)N1CCC[C@H](c2nccnc2-c2cc(C)[nH]n2)C1. The molecule has 1 N–H and O–H groups in total. The first kappa shape index (κ1) is 13.7. The van der Waals surface area contributed by atoms with Crippen LogP contribution in [-0.4, -0.2) is 44.1 Å². The molecule has 1 aliphatic rings. The molecule has 1 atom stereocenters. The van der Waals surface area contributed by atoms with Gasteiger partial charge in [-0.3, -0.25) is 19.9 Å². The first-order chi connectivity index (χ1) is 10.1. The van der Waals surface area contributed by atoms with E-state index in [0.717, 1.165) is 42.2 Å². The summed E-state index contributed by atoms with van der Waals surface area (Å²) in [5.74, 6) is 0.351. The summed E-state index contributed by atoms with van der Waals surface area (Å²) in [4.78, 5) is 22.5. The molecule has 3 heterocycles. The standard InChI is InChI=1S/C15H19N5O/c1-10-8-13(19-18-10)15-14(16-5-6-17-15)12-4-3-7-20(9-12)11(2)21/h5-6,8,12H,3-4,7,9H2,1-2H3,(H,18,19)/t12-/m0/s1. The van der Waals surface area contributed by atoms with Crippen molar-refractivity contribution in [3.63, 3.8) is 0 Å². The quantitative estimate of drug-likeness (QED) is 0.914. The van der Waals surface area contributed by atoms with E-state index in [0.29, 0.717) is 6.54 Å². The van der Waals surface area contributed by atoms with E-state index in [1.54, 1.807) is 19.3 Å². The average Bonchev–Trinajstić information content (AvgIpc) is 2.94. The Bertz CT molecular complexity index is 651. The Morgan fingerprint density at radius 3 is 2.90 bits per heavy atom. The summed E-state index contributed by atoms with van der Waals surface area (Å²) < 4.78 is 0.